The Morgan fingerprint density at radius 1 is 1.50 bits per heavy atom. The first-order valence-electron chi connectivity index (χ1n) is 6.02. The van der Waals surface area contributed by atoms with Gasteiger partial charge in [0.1, 0.15) is 6.20 Å². The van der Waals surface area contributed by atoms with Gasteiger partial charge in [-0.1, -0.05) is 0 Å². The lowest BCUT2D eigenvalue weighted by Crippen LogP contribution is -2.39. The van der Waals surface area contributed by atoms with Crippen molar-refractivity contribution in [3.8, 4) is 0 Å². The fraction of sp³-hybridized carbons (Fsp3) is 0.636. The van der Waals surface area contributed by atoms with Crippen molar-refractivity contribution in [2.75, 3.05) is 44.6 Å². The van der Waals surface area contributed by atoms with Gasteiger partial charge in [-0.05, 0) is 6.92 Å². The Morgan fingerprint density at radius 3 is 2.75 bits per heavy atom. The minimum absolute atomic E-state index is 0.0161. The van der Waals surface area contributed by atoms with Gasteiger partial charge in [0.2, 0.25) is 11.8 Å². The van der Waals surface area contributed by atoms with Gasteiger partial charge in [-0.2, -0.15) is 4.98 Å². The molecule has 1 aromatic heterocycles. The van der Waals surface area contributed by atoms with E-state index in [9.17, 15) is 10.1 Å². The monoisotopic (exact) mass is 285 g/mol. The highest BCUT2D eigenvalue weighted by Gasteiger charge is 2.25. The number of hydrogen-bond acceptors (Lipinski definition) is 8. The van der Waals surface area contributed by atoms with Crippen molar-refractivity contribution >= 4 is 17.5 Å². The first-order valence-corrected chi connectivity index (χ1v) is 6.02. The maximum absolute atomic E-state index is 11.1. The first-order chi connectivity index (χ1) is 9.51. The van der Waals surface area contributed by atoms with Crippen molar-refractivity contribution in [1.82, 2.24) is 9.97 Å². The Bertz CT molecular complexity index is 456. The predicted molar refractivity (Wildman–Crippen MR) is 73.7 cm³/mol. The van der Waals surface area contributed by atoms with E-state index in [0.717, 1.165) is 6.20 Å². The number of nitrogens with two attached hydrogens (primary N) is 1. The molecule has 0 saturated carbocycles. The number of methoxy groups -OCH3 is 2. The fourth-order valence-corrected chi connectivity index (χ4v) is 1.78. The maximum atomic E-state index is 11.1. The zero-order valence-electron chi connectivity index (χ0n) is 11.8. The van der Waals surface area contributed by atoms with Gasteiger partial charge in [-0.15, -0.1) is 0 Å². The number of nitrogen functional groups attached to an aromatic ring is 1. The molecule has 0 bridgehead atoms. The lowest BCUT2D eigenvalue weighted by atomic mass is 10.2. The van der Waals surface area contributed by atoms with Crippen LogP contribution in [0.15, 0.2) is 6.20 Å². The third-order valence-corrected chi connectivity index (χ3v) is 2.71. The lowest BCUT2D eigenvalue weighted by Gasteiger charge is -2.29. The molecule has 1 rings (SSSR count). The van der Waals surface area contributed by atoms with Crippen molar-refractivity contribution in [3.05, 3.63) is 16.3 Å². The van der Waals surface area contributed by atoms with Crippen molar-refractivity contribution in [2.24, 2.45) is 0 Å². The van der Waals surface area contributed by atoms with Crippen LogP contribution in [0, 0.1) is 10.1 Å². The van der Waals surface area contributed by atoms with E-state index < -0.39 is 4.92 Å². The van der Waals surface area contributed by atoms with E-state index in [2.05, 4.69) is 9.97 Å². The number of nitrogens with zero attached hydrogens (tertiary/aromatic N) is 4. The number of ether oxygens (including phenoxy) is 2. The molecule has 0 aliphatic carbocycles. The molecule has 1 unspecified atom stereocenters. The molecular weight excluding hydrogens is 266 g/mol. The van der Waals surface area contributed by atoms with E-state index in [1.54, 1.807) is 19.1 Å². The van der Waals surface area contributed by atoms with Gasteiger partial charge < -0.3 is 20.1 Å². The van der Waals surface area contributed by atoms with E-state index in [1.165, 1.54) is 0 Å². The number of nitro groups is 1. The van der Waals surface area contributed by atoms with E-state index in [1.807, 2.05) is 6.92 Å². The Kier molecular flexibility index (Phi) is 6.07. The molecular formula is C11H19N5O4. The summed E-state index contributed by atoms with van der Waals surface area (Å²) in [7, 11) is 3.12. The van der Waals surface area contributed by atoms with Crippen molar-refractivity contribution in [1.29, 1.82) is 0 Å². The molecule has 0 amide bonds. The van der Waals surface area contributed by atoms with Gasteiger partial charge in [-0.25, -0.2) is 4.98 Å². The summed E-state index contributed by atoms with van der Waals surface area (Å²) in [4.78, 5) is 19.9. The molecule has 9 nitrogen and oxygen atoms in total. The normalized spacial score (nSPS) is 12.2. The summed E-state index contributed by atoms with van der Waals surface area (Å²) in [6.07, 6.45) is 1.11. The van der Waals surface area contributed by atoms with Crippen LogP contribution in [0.1, 0.15) is 6.92 Å². The van der Waals surface area contributed by atoms with E-state index in [0.29, 0.717) is 19.8 Å². The minimum atomic E-state index is -0.534. The largest absolute Gasteiger partial charge is 0.383 e. The van der Waals surface area contributed by atoms with Crippen molar-refractivity contribution in [3.63, 3.8) is 0 Å². The summed E-state index contributed by atoms with van der Waals surface area (Å²) in [5.74, 6) is 0.154. The number of rotatable bonds is 8. The zero-order chi connectivity index (χ0) is 15.1. The summed E-state index contributed by atoms with van der Waals surface area (Å²) in [6.45, 7) is 3.10. The molecule has 20 heavy (non-hydrogen) atoms. The Balaban J connectivity index is 3.16. The highest BCUT2D eigenvalue weighted by Crippen LogP contribution is 2.27. The average Bonchev–Trinajstić information content (AvgIpc) is 2.39. The van der Waals surface area contributed by atoms with Crippen LogP contribution in [0.25, 0.3) is 0 Å². The van der Waals surface area contributed by atoms with Gasteiger partial charge in [0.05, 0.1) is 24.2 Å². The highest BCUT2D eigenvalue weighted by molar-refractivity contribution is 5.59. The Hall–Kier alpha value is -2.00. The molecule has 0 saturated heterocycles. The quantitative estimate of drug-likeness (QED) is 0.540. The standard InChI is InChI=1S/C11H19N5O4/c1-8(7-20-3)15(4-5-19-2)10-9(16(17)18)6-13-11(12)14-10/h6,8H,4-5,7H2,1-3H3,(H2,12,13,14). The molecule has 0 radical (unpaired) electrons. The van der Waals surface area contributed by atoms with Gasteiger partial charge in [0, 0.05) is 20.8 Å². The SMILES string of the molecule is COCCN(c1nc(N)ncc1[N+](=O)[O-])C(C)COC. The third-order valence-electron chi connectivity index (χ3n) is 2.71. The maximum Gasteiger partial charge on any atom is 0.329 e. The average molecular weight is 285 g/mol. The van der Waals surface area contributed by atoms with Crippen LogP contribution in [0.2, 0.25) is 0 Å². The second-order valence-electron chi connectivity index (χ2n) is 4.18. The fourth-order valence-electron chi connectivity index (χ4n) is 1.78. The van der Waals surface area contributed by atoms with Crippen LogP contribution in [-0.2, 0) is 9.47 Å². The van der Waals surface area contributed by atoms with Gasteiger partial charge in [-0.3, -0.25) is 10.1 Å². The Labute approximate surface area is 116 Å². The third kappa shape index (κ3) is 4.00. The first kappa shape index (κ1) is 16.1. The molecule has 1 aromatic rings. The molecule has 2 N–H and O–H groups in total. The van der Waals surface area contributed by atoms with Crippen LogP contribution in [0.4, 0.5) is 17.5 Å². The van der Waals surface area contributed by atoms with Crippen molar-refractivity contribution < 1.29 is 14.4 Å². The number of hydrogen-bond donors (Lipinski definition) is 1. The second kappa shape index (κ2) is 7.56. The summed E-state index contributed by atoms with van der Waals surface area (Å²) in [5, 5.41) is 11.1. The lowest BCUT2D eigenvalue weighted by molar-refractivity contribution is -0.384. The summed E-state index contributed by atoms with van der Waals surface area (Å²) in [6, 6.07) is -0.122. The molecule has 0 aromatic carbocycles. The summed E-state index contributed by atoms with van der Waals surface area (Å²) < 4.78 is 10.1. The number of aromatic nitrogens is 2. The van der Waals surface area contributed by atoms with Crippen LogP contribution in [0.5, 0.6) is 0 Å². The van der Waals surface area contributed by atoms with Gasteiger partial charge >= 0.3 is 5.69 Å². The van der Waals surface area contributed by atoms with Crippen LogP contribution >= 0.6 is 0 Å². The zero-order valence-corrected chi connectivity index (χ0v) is 11.8. The smallest absolute Gasteiger partial charge is 0.329 e. The molecule has 1 atom stereocenters. The van der Waals surface area contributed by atoms with Crippen LogP contribution in [-0.4, -0.2) is 54.9 Å². The van der Waals surface area contributed by atoms with Crippen LogP contribution in [0.3, 0.4) is 0 Å². The van der Waals surface area contributed by atoms with E-state index in [4.69, 9.17) is 15.2 Å². The summed E-state index contributed by atoms with van der Waals surface area (Å²) in [5.41, 5.74) is 5.34. The van der Waals surface area contributed by atoms with Crippen LogP contribution < -0.4 is 10.6 Å². The molecule has 0 aliphatic rings. The molecule has 1 heterocycles. The summed E-state index contributed by atoms with van der Waals surface area (Å²) >= 11 is 0. The predicted octanol–water partition coefficient (Wildman–Crippen LogP) is 0.455. The molecule has 0 spiro atoms. The van der Waals surface area contributed by atoms with Gasteiger partial charge in [0.15, 0.2) is 0 Å². The second-order valence-corrected chi connectivity index (χ2v) is 4.18. The molecule has 112 valence electrons. The van der Waals surface area contributed by atoms with Crippen molar-refractivity contribution in [2.45, 2.75) is 13.0 Å². The molecule has 9 heteroatoms. The molecule has 0 aliphatic heterocycles. The number of anilines is 2. The Morgan fingerprint density at radius 2 is 2.20 bits per heavy atom. The molecule has 0 fully saturated rings. The van der Waals surface area contributed by atoms with E-state index >= 15 is 0 Å². The van der Waals surface area contributed by atoms with E-state index in [-0.39, 0.29) is 23.5 Å². The highest BCUT2D eigenvalue weighted by atomic mass is 16.6. The topological polar surface area (TPSA) is 117 Å². The minimum Gasteiger partial charge on any atom is -0.383 e. The van der Waals surface area contributed by atoms with Gasteiger partial charge in [0.25, 0.3) is 0 Å².